The van der Waals surface area contributed by atoms with Gasteiger partial charge in [-0.1, -0.05) is 95.3 Å². The minimum Gasteiger partial charge on any atom is -0.457 e. The van der Waals surface area contributed by atoms with E-state index in [1.807, 2.05) is 26.0 Å². The number of hydrogen-bond acceptors (Lipinski definition) is 5. The first-order valence-corrected chi connectivity index (χ1v) is 13.7. The van der Waals surface area contributed by atoms with E-state index in [1.165, 1.54) is 16.4 Å². The second kappa shape index (κ2) is 9.68. The molecule has 1 aliphatic heterocycles. The fourth-order valence-corrected chi connectivity index (χ4v) is 9.23. The highest BCUT2D eigenvalue weighted by molar-refractivity contribution is 6.99. The molecule has 0 unspecified atom stereocenters. The number of carbonyl (C=O) groups is 1. The van der Waals surface area contributed by atoms with Crippen LogP contribution in [0.5, 0.6) is 0 Å². The summed E-state index contributed by atoms with van der Waals surface area (Å²) < 4.78 is 18.0. The maximum Gasteiger partial charge on any atom is 0.337 e. The molecule has 1 N–H and O–H groups in total. The first-order chi connectivity index (χ1) is 15.8. The number of aliphatic hydroxyl groups is 1. The van der Waals surface area contributed by atoms with Gasteiger partial charge in [0.2, 0.25) is 5.79 Å². The van der Waals surface area contributed by atoms with Crippen molar-refractivity contribution in [1.82, 2.24) is 0 Å². The Morgan fingerprint density at radius 3 is 1.85 bits per heavy atom. The lowest BCUT2D eigenvalue weighted by Gasteiger charge is -2.45. The Morgan fingerprint density at radius 1 is 0.912 bits per heavy atom. The molecule has 0 fully saturated rings. The molecule has 2 aromatic carbocycles. The van der Waals surface area contributed by atoms with E-state index in [1.54, 1.807) is 13.8 Å². The molecule has 184 valence electrons. The second-order valence-electron chi connectivity index (χ2n) is 11.2. The topological polar surface area (TPSA) is 65.0 Å². The van der Waals surface area contributed by atoms with E-state index in [-0.39, 0.29) is 11.5 Å². The molecule has 6 heteroatoms. The minimum absolute atomic E-state index is 0.153. The van der Waals surface area contributed by atoms with Crippen molar-refractivity contribution < 1.29 is 23.8 Å². The van der Waals surface area contributed by atoms with Crippen LogP contribution >= 0.6 is 0 Å². The van der Waals surface area contributed by atoms with Gasteiger partial charge in [-0.3, -0.25) is 0 Å². The van der Waals surface area contributed by atoms with Crippen LogP contribution < -0.4 is 10.4 Å². The van der Waals surface area contributed by atoms with Crippen LogP contribution in [0.1, 0.15) is 54.9 Å². The lowest BCUT2D eigenvalue weighted by Crippen LogP contribution is -2.67. The number of carbonyl (C=O) groups excluding carboxylic acids is 1. The van der Waals surface area contributed by atoms with Crippen molar-refractivity contribution in [2.75, 3.05) is 6.61 Å². The number of esters is 1. The van der Waals surface area contributed by atoms with Crippen molar-refractivity contribution in [1.29, 1.82) is 0 Å². The molecule has 1 aliphatic rings. The van der Waals surface area contributed by atoms with Gasteiger partial charge in [-0.05, 0) is 15.4 Å². The van der Waals surface area contributed by atoms with Gasteiger partial charge >= 0.3 is 5.97 Å². The van der Waals surface area contributed by atoms with E-state index >= 15 is 0 Å². The molecular formula is C28H38O5Si. The highest BCUT2D eigenvalue weighted by Gasteiger charge is 2.51. The van der Waals surface area contributed by atoms with Crippen molar-refractivity contribution in [2.45, 2.75) is 71.8 Å². The van der Waals surface area contributed by atoms with Crippen LogP contribution in [0.3, 0.4) is 0 Å². The first kappa shape index (κ1) is 26.2. The smallest absolute Gasteiger partial charge is 0.337 e. The Labute approximate surface area is 204 Å². The Balaban J connectivity index is 1.91. The summed E-state index contributed by atoms with van der Waals surface area (Å²) in [5.41, 5.74) is -0.594. The van der Waals surface area contributed by atoms with Crippen molar-refractivity contribution in [3.05, 3.63) is 72.5 Å². The Hall–Kier alpha value is -2.41. The largest absolute Gasteiger partial charge is 0.457 e. The summed E-state index contributed by atoms with van der Waals surface area (Å²) in [6.07, 6.45) is 0.738. The van der Waals surface area contributed by atoms with Crippen LogP contribution in [0.2, 0.25) is 5.04 Å². The van der Waals surface area contributed by atoms with Gasteiger partial charge in [-0.15, -0.1) is 0 Å². The molecule has 0 saturated heterocycles. The van der Waals surface area contributed by atoms with Crippen molar-refractivity contribution in [3.8, 4) is 0 Å². The lowest BCUT2D eigenvalue weighted by molar-refractivity contribution is -0.207. The highest BCUT2D eigenvalue weighted by atomic mass is 28.4. The van der Waals surface area contributed by atoms with E-state index in [0.717, 1.165) is 0 Å². The van der Waals surface area contributed by atoms with Crippen LogP contribution in [0.4, 0.5) is 0 Å². The predicted octanol–water partition coefficient (Wildman–Crippen LogP) is 4.53. The monoisotopic (exact) mass is 482 g/mol. The summed E-state index contributed by atoms with van der Waals surface area (Å²) in [6, 6.07) is 20.9. The summed E-state index contributed by atoms with van der Waals surface area (Å²) in [5, 5.41) is 13.4. The molecule has 3 rings (SSSR count). The standard InChI is InChI=1S/C28H38O5Si/c1-26(2,3)34(22-14-10-8-11-15-22,23-16-12-9-13-17-23)31-20-27(4,5)24(29)18-21-19-25(30)33-28(6,7)32-21/h8-17,19,24,29H,18,20H2,1-7H3/t24-/m0/s1. The Bertz CT molecular complexity index is 967. The van der Waals surface area contributed by atoms with Gasteiger partial charge in [-0.25, -0.2) is 4.79 Å². The average Bonchev–Trinajstić information content (AvgIpc) is 2.73. The number of hydrogen-bond donors (Lipinski definition) is 1. The Kier molecular flexibility index (Phi) is 7.46. The average molecular weight is 483 g/mol. The molecule has 5 nitrogen and oxygen atoms in total. The van der Waals surface area contributed by atoms with E-state index in [9.17, 15) is 9.90 Å². The Morgan fingerprint density at radius 2 is 1.41 bits per heavy atom. The summed E-state index contributed by atoms with van der Waals surface area (Å²) in [5.74, 6) is -1.08. The maximum atomic E-state index is 11.9. The number of ether oxygens (including phenoxy) is 2. The SMILES string of the molecule is CC1(C)OC(=O)C=C(C[C@H](O)C(C)(C)CO[Si](c2ccccc2)(c2ccccc2)C(C)(C)C)O1. The number of benzene rings is 2. The van der Waals surface area contributed by atoms with E-state index < -0.39 is 31.6 Å². The van der Waals surface area contributed by atoms with Crippen LogP contribution in [0, 0.1) is 5.41 Å². The number of cyclic esters (lactones) is 1. The van der Waals surface area contributed by atoms with Gasteiger partial charge in [-0.2, -0.15) is 0 Å². The quantitative estimate of drug-likeness (QED) is 0.442. The molecule has 0 aromatic heterocycles. The van der Waals surface area contributed by atoms with Gasteiger partial charge in [0.1, 0.15) is 5.76 Å². The maximum absolute atomic E-state index is 11.9. The molecule has 1 heterocycles. The molecule has 1 atom stereocenters. The third-order valence-corrected chi connectivity index (χ3v) is 11.4. The van der Waals surface area contributed by atoms with Gasteiger partial charge in [0, 0.05) is 32.3 Å². The van der Waals surface area contributed by atoms with Crippen molar-refractivity contribution >= 4 is 24.7 Å². The molecule has 0 saturated carbocycles. The zero-order valence-corrected chi connectivity index (χ0v) is 22.4. The summed E-state index contributed by atoms with van der Waals surface area (Å²) >= 11 is 0. The van der Waals surface area contributed by atoms with E-state index in [4.69, 9.17) is 13.9 Å². The second-order valence-corrected chi connectivity index (χ2v) is 15.5. The fourth-order valence-electron chi connectivity index (χ4n) is 4.49. The molecule has 0 radical (unpaired) electrons. The van der Waals surface area contributed by atoms with Gasteiger partial charge in [0.15, 0.2) is 0 Å². The zero-order valence-electron chi connectivity index (χ0n) is 21.4. The third-order valence-electron chi connectivity index (χ3n) is 6.38. The normalized spacial score (nSPS) is 17.4. The fraction of sp³-hybridized carbons (Fsp3) is 0.464. The van der Waals surface area contributed by atoms with E-state index in [0.29, 0.717) is 12.4 Å². The highest BCUT2D eigenvalue weighted by Crippen LogP contribution is 2.39. The van der Waals surface area contributed by atoms with Crippen LogP contribution in [0.15, 0.2) is 72.5 Å². The minimum atomic E-state index is -2.72. The van der Waals surface area contributed by atoms with E-state index in [2.05, 4.69) is 69.3 Å². The molecule has 0 bridgehead atoms. The molecule has 0 spiro atoms. The summed E-state index contributed by atoms with van der Waals surface area (Å²) in [6.45, 7) is 14.4. The lowest BCUT2D eigenvalue weighted by atomic mass is 9.85. The van der Waals surface area contributed by atoms with Gasteiger partial charge in [0.25, 0.3) is 8.32 Å². The van der Waals surface area contributed by atoms with Gasteiger partial charge in [0.05, 0.1) is 12.2 Å². The summed E-state index contributed by atoms with van der Waals surface area (Å²) in [4.78, 5) is 11.9. The number of rotatable bonds is 8. The van der Waals surface area contributed by atoms with Crippen LogP contribution in [-0.4, -0.2) is 37.9 Å². The van der Waals surface area contributed by atoms with Crippen molar-refractivity contribution in [3.63, 3.8) is 0 Å². The molecule has 34 heavy (non-hydrogen) atoms. The van der Waals surface area contributed by atoms with Gasteiger partial charge < -0.3 is 19.0 Å². The van der Waals surface area contributed by atoms with Crippen LogP contribution in [-0.2, 0) is 18.7 Å². The molecule has 2 aromatic rings. The zero-order chi connectivity index (χ0) is 25.2. The molecule has 0 amide bonds. The number of aliphatic hydroxyl groups excluding tert-OH is 1. The third kappa shape index (κ3) is 5.62. The summed E-state index contributed by atoms with van der Waals surface area (Å²) in [7, 11) is -2.72. The van der Waals surface area contributed by atoms with Crippen LogP contribution in [0.25, 0.3) is 0 Å². The molecule has 0 aliphatic carbocycles. The predicted molar refractivity (Wildman–Crippen MR) is 137 cm³/mol. The van der Waals surface area contributed by atoms with Crippen molar-refractivity contribution in [2.24, 2.45) is 5.41 Å². The molecular weight excluding hydrogens is 444 g/mol. The first-order valence-electron chi connectivity index (χ1n) is 11.8.